The van der Waals surface area contributed by atoms with Gasteiger partial charge in [-0.15, -0.1) is 0 Å². The Bertz CT molecular complexity index is 750. The van der Waals surface area contributed by atoms with Crippen molar-refractivity contribution in [2.24, 2.45) is 29.6 Å². The fraction of sp³-hybridized carbons (Fsp3) is 0.833. The molecule has 3 heterocycles. The van der Waals surface area contributed by atoms with Gasteiger partial charge < -0.3 is 24.1 Å². The summed E-state index contributed by atoms with van der Waals surface area (Å²) in [5.41, 5.74) is -0.270. The van der Waals surface area contributed by atoms with Gasteiger partial charge in [0.15, 0.2) is 0 Å². The molecule has 1 saturated carbocycles. The van der Waals surface area contributed by atoms with Gasteiger partial charge in [0.1, 0.15) is 17.8 Å². The number of esters is 2. The first-order valence-corrected chi connectivity index (χ1v) is 11.5. The summed E-state index contributed by atoms with van der Waals surface area (Å²) < 4.78 is 24.8. The topological polar surface area (TPSA) is 91.3 Å². The smallest absolute Gasteiger partial charge is 0.303 e. The van der Waals surface area contributed by atoms with Gasteiger partial charge in [0.2, 0.25) is 0 Å². The minimum atomic E-state index is -0.917. The van der Waals surface area contributed by atoms with Crippen molar-refractivity contribution in [2.75, 3.05) is 6.61 Å². The first kappa shape index (κ1) is 22.7. The van der Waals surface area contributed by atoms with E-state index in [1.54, 1.807) is 0 Å². The first-order chi connectivity index (χ1) is 14.5. The van der Waals surface area contributed by atoms with Crippen molar-refractivity contribution in [3.8, 4) is 0 Å². The lowest BCUT2D eigenvalue weighted by molar-refractivity contribution is -0.204. The molecule has 1 N–H and O–H groups in total. The van der Waals surface area contributed by atoms with Gasteiger partial charge in [0.25, 0.3) is 0 Å². The van der Waals surface area contributed by atoms with Crippen molar-refractivity contribution in [2.45, 2.75) is 90.0 Å². The van der Waals surface area contributed by atoms with Crippen LogP contribution in [-0.2, 0) is 28.5 Å². The van der Waals surface area contributed by atoms with Crippen molar-refractivity contribution in [3.63, 3.8) is 0 Å². The summed E-state index contributed by atoms with van der Waals surface area (Å²) in [4.78, 5) is 23.9. The Morgan fingerprint density at radius 1 is 1.10 bits per heavy atom. The minimum absolute atomic E-state index is 0.0221. The Labute approximate surface area is 184 Å². The molecule has 0 aromatic heterocycles. The summed E-state index contributed by atoms with van der Waals surface area (Å²) in [6.45, 7) is 13.7. The van der Waals surface area contributed by atoms with Gasteiger partial charge in [-0.05, 0) is 43.1 Å². The van der Waals surface area contributed by atoms with Crippen LogP contribution < -0.4 is 0 Å². The third-order valence-corrected chi connectivity index (χ3v) is 8.20. The van der Waals surface area contributed by atoms with Gasteiger partial charge in [-0.25, -0.2) is 0 Å². The van der Waals surface area contributed by atoms with Crippen molar-refractivity contribution in [1.82, 2.24) is 0 Å². The van der Waals surface area contributed by atoms with Gasteiger partial charge in [-0.3, -0.25) is 9.59 Å². The number of rotatable bonds is 2. The third-order valence-electron chi connectivity index (χ3n) is 8.20. The normalized spacial score (nSPS) is 49.3. The lowest BCUT2D eigenvalue weighted by Crippen LogP contribution is -2.57. The molecule has 4 aliphatic rings. The molecule has 11 atom stereocenters. The highest BCUT2D eigenvalue weighted by molar-refractivity contribution is 5.66. The van der Waals surface area contributed by atoms with E-state index in [-0.39, 0.29) is 54.4 Å². The molecule has 2 bridgehead atoms. The molecule has 0 spiro atoms. The van der Waals surface area contributed by atoms with Crippen LogP contribution in [0.25, 0.3) is 0 Å². The minimum Gasteiger partial charge on any atom is -0.462 e. The van der Waals surface area contributed by atoms with Crippen molar-refractivity contribution in [1.29, 1.82) is 0 Å². The van der Waals surface area contributed by atoms with Gasteiger partial charge in [0.05, 0.1) is 24.9 Å². The predicted octanol–water partition coefficient (Wildman–Crippen LogP) is 2.64. The largest absolute Gasteiger partial charge is 0.462 e. The Balaban J connectivity index is 1.83. The summed E-state index contributed by atoms with van der Waals surface area (Å²) in [5.74, 6) is 0.201. The standard InChI is InChI=1S/C24H36O7/c1-11-8-18-21-20-16(7-12(2)22(21)30-15(5)26)13(3)10-28-24(6,23(20)31-18)19(9-17(11)27)29-14(4)25/h12-13,16-23,27H,1,7-10H2,2-6H3/t12-,13+,16+,17-,18+,19-,20+,21+,22-,23+,24+/m1/s1. The zero-order valence-corrected chi connectivity index (χ0v) is 19.2. The van der Waals surface area contributed by atoms with E-state index in [1.807, 2.05) is 6.92 Å². The Hall–Kier alpha value is -1.44. The summed E-state index contributed by atoms with van der Waals surface area (Å²) in [5, 5.41) is 10.9. The Morgan fingerprint density at radius 3 is 2.42 bits per heavy atom. The zero-order valence-electron chi connectivity index (χ0n) is 19.2. The summed E-state index contributed by atoms with van der Waals surface area (Å²) >= 11 is 0. The number of aliphatic hydroxyl groups excluding tert-OH is 1. The lowest BCUT2D eigenvalue weighted by atomic mass is 9.59. The molecule has 4 fully saturated rings. The number of aliphatic hydroxyl groups is 1. The Morgan fingerprint density at radius 2 is 1.77 bits per heavy atom. The van der Waals surface area contributed by atoms with Gasteiger partial charge >= 0.3 is 11.9 Å². The number of carbonyl (C=O) groups excluding carboxylic acids is 2. The molecule has 0 aromatic rings. The van der Waals surface area contributed by atoms with E-state index in [1.165, 1.54) is 13.8 Å². The second-order valence-corrected chi connectivity index (χ2v) is 10.4. The van der Waals surface area contributed by atoms with Crippen molar-refractivity contribution < 1.29 is 33.6 Å². The van der Waals surface area contributed by atoms with Crippen molar-refractivity contribution in [3.05, 3.63) is 12.2 Å². The molecule has 174 valence electrons. The van der Waals surface area contributed by atoms with E-state index >= 15 is 0 Å². The van der Waals surface area contributed by atoms with Gasteiger partial charge in [0, 0.05) is 32.1 Å². The van der Waals surface area contributed by atoms with E-state index in [0.29, 0.717) is 24.5 Å². The predicted molar refractivity (Wildman–Crippen MR) is 112 cm³/mol. The van der Waals surface area contributed by atoms with Gasteiger partial charge in [-0.2, -0.15) is 0 Å². The molecule has 1 aliphatic carbocycles. The molecule has 7 nitrogen and oxygen atoms in total. The molecule has 0 radical (unpaired) electrons. The van der Waals surface area contributed by atoms with Crippen LogP contribution >= 0.6 is 0 Å². The van der Waals surface area contributed by atoms with Crippen molar-refractivity contribution >= 4 is 11.9 Å². The molecule has 7 heteroatoms. The molecule has 0 unspecified atom stereocenters. The molecule has 0 amide bonds. The molecule has 31 heavy (non-hydrogen) atoms. The number of hydrogen-bond donors (Lipinski definition) is 1. The second kappa shape index (κ2) is 8.16. The fourth-order valence-corrected chi connectivity index (χ4v) is 6.72. The molecule has 0 aromatic carbocycles. The summed E-state index contributed by atoms with van der Waals surface area (Å²) in [6, 6.07) is 0. The number of carbonyl (C=O) groups is 2. The highest BCUT2D eigenvalue weighted by Crippen LogP contribution is 2.58. The van der Waals surface area contributed by atoms with E-state index in [2.05, 4.69) is 20.4 Å². The van der Waals surface area contributed by atoms with E-state index in [0.717, 1.165) is 6.42 Å². The lowest BCUT2D eigenvalue weighted by Gasteiger charge is -2.47. The highest BCUT2D eigenvalue weighted by Gasteiger charge is 2.65. The maximum atomic E-state index is 12.0. The van der Waals surface area contributed by atoms with Crippen LogP contribution in [0, 0.1) is 29.6 Å². The fourth-order valence-electron chi connectivity index (χ4n) is 6.72. The summed E-state index contributed by atoms with van der Waals surface area (Å²) in [7, 11) is 0. The van der Waals surface area contributed by atoms with E-state index < -0.39 is 23.8 Å². The molecule has 3 aliphatic heterocycles. The highest BCUT2D eigenvalue weighted by atomic mass is 16.6. The maximum Gasteiger partial charge on any atom is 0.303 e. The van der Waals surface area contributed by atoms with E-state index in [9.17, 15) is 14.7 Å². The number of hydrogen-bond acceptors (Lipinski definition) is 7. The van der Waals surface area contributed by atoms with E-state index in [4.69, 9.17) is 18.9 Å². The maximum absolute atomic E-state index is 12.0. The van der Waals surface area contributed by atoms with Crippen LogP contribution in [0.15, 0.2) is 12.2 Å². The van der Waals surface area contributed by atoms with Crippen LogP contribution in [0.3, 0.4) is 0 Å². The number of fused-ring (bicyclic) bond motifs is 2. The molecule has 4 rings (SSSR count). The third kappa shape index (κ3) is 3.83. The zero-order chi connectivity index (χ0) is 22.7. The monoisotopic (exact) mass is 436 g/mol. The number of ether oxygens (including phenoxy) is 4. The average molecular weight is 437 g/mol. The Kier molecular flexibility index (Phi) is 5.99. The average Bonchev–Trinajstić information content (AvgIpc) is 3.02. The van der Waals surface area contributed by atoms with Gasteiger partial charge in [-0.1, -0.05) is 20.4 Å². The van der Waals surface area contributed by atoms with Crippen LogP contribution in [0.1, 0.15) is 53.9 Å². The first-order valence-electron chi connectivity index (χ1n) is 11.5. The summed E-state index contributed by atoms with van der Waals surface area (Å²) in [6.07, 6.45) is -0.711. The van der Waals surface area contributed by atoms with Crippen LogP contribution in [0.4, 0.5) is 0 Å². The van der Waals surface area contributed by atoms with Crippen LogP contribution in [0.2, 0.25) is 0 Å². The molecular formula is C24H36O7. The SMILES string of the molecule is C=C1C[C@@H]2O[C@H]3[C@H]4[C@@H](C[C@@H](C)[C@@H](OC(C)=O)[C@H]42)[C@@H](C)CO[C@@]3(C)[C@H](OC(C)=O)C[C@H]1O. The quantitative estimate of drug-likeness (QED) is 0.526. The van der Waals surface area contributed by atoms with Crippen LogP contribution in [0.5, 0.6) is 0 Å². The molecule has 3 saturated heterocycles. The molecular weight excluding hydrogens is 400 g/mol. The van der Waals surface area contributed by atoms with Crippen LogP contribution in [-0.4, -0.2) is 59.8 Å². The second-order valence-electron chi connectivity index (χ2n) is 10.4.